The van der Waals surface area contributed by atoms with E-state index in [2.05, 4.69) is 45.5 Å². The molecule has 0 bridgehead atoms. The van der Waals surface area contributed by atoms with Crippen molar-refractivity contribution >= 4 is 11.9 Å². The molecule has 1 amide bonds. The summed E-state index contributed by atoms with van der Waals surface area (Å²) in [5, 5.41) is 3.52. The monoisotopic (exact) mass is 342 g/mol. The first-order valence-electron chi connectivity index (χ1n) is 9.42. The van der Waals surface area contributed by atoms with E-state index in [0.29, 0.717) is 6.04 Å². The summed E-state index contributed by atoms with van der Waals surface area (Å²) < 4.78 is 0. The van der Waals surface area contributed by atoms with Crippen molar-refractivity contribution in [3.63, 3.8) is 0 Å². The third kappa shape index (κ3) is 5.48. The summed E-state index contributed by atoms with van der Waals surface area (Å²) in [5.74, 6) is 1.72. The molecule has 1 heterocycles. The average Bonchev–Trinajstić information content (AvgIpc) is 3.44. The number of aliphatic imine (C=N–C) groups is 1. The maximum atomic E-state index is 11.9. The van der Waals surface area contributed by atoms with Gasteiger partial charge in [-0.1, -0.05) is 30.3 Å². The summed E-state index contributed by atoms with van der Waals surface area (Å²) in [7, 11) is 3.56. The third-order valence-corrected chi connectivity index (χ3v) is 5.05. The summed E-state index contributed by atoms with van der Waals surface area (Å²) in [5.41, 5.74) is 1.43. The molecule has 2 aliphatic rings. The molecule has 1 aliphatic heterocycles. The Balaban J connectivity index is 1.54. The Hall–Kier alpha value is -2.04. The second-order valence-corrected chi connectivity index (χ2v) is 7.47. The summed E-state index contributed by atoms with van der Waals surface area (Å²) in [6, 6.07) is 11.3. The smallest absolute Gasteiger partial charge is 0.243 e. The van der Waals surface area contributed by atoms with Crippen molar-refractivity contribution in [3.05, 3.63) is 35.9 Å². The van der Waals surface area contributed by atoms with E-state index >= 15 is 0 Å². The number of nitrogens with zero attached hydrogens (tertiary/aromatic N) is 3. The Morgan fingerprint density at radius 2 is 1.84 bits per heavy atom. The Kier molecular flexibility index (Phi) is 5.95. The molecule has 1 N–H and O–H groups in total. The highest BCUT2D eigenvalue weighted by Crippen LogP contribution is 2.23. The quantitative estimate of drug-likeness (QED) is 0.659. The van der Waals surface area contributed by atoms with Gasteiger partial charge in [0.25, 0.3) is 0 Å². The first-order valence-corrected chi connectivity index (χ1v) is 9.42. The van der Waals surface area contributed by atoms with E-state index in [1.165, 1.54) is 31.2 Å². The number of hydrogen-bond acceptors (Lipinski definition) is 2. The number of guanidine groups is 1. The summed E-state index contributed by atoms with van der Waals surface area (Å²) in [6.07, 6.45) is 5.95. The SMILES string of the molecule is CN(C)C(=O)CN=C(NC1CC1)N1CCC(Cc2ccccc2)CC1. The van der Waals surface area contributed by atoms with Crippen LogP contribution in [0, 0.1) is 5.92 Å². The van der Waals surface area contributed by atoms with Gasteiger partial charge in [-0.2, -0.15) is 0 Å². The lowest BCUT2D eigenvalue weighted by molar-refractivity contribution is -0.127. The van der Waals surface area contributed by atoms with E-state index in [0.717, 1.165) is 31.4 Å². The maximum Gasteiger partial charge on any atom is 0.243 e. The van der Waals surface area contributed by atoms with E-state index in [9.17, 15) is 4.79 Å². The number of amides is 1. The van der Waals surface area contributed by atoms with Crippen LogP contribution in [-0.2, 0) is 11.2 Å². The zero-order valence-electron chi connectivity index (χ0n) is 15.4. The topological polar surface area (TPSA) is 47.9 Å². The molecular weight excluding hydrogens is 312 g/mol. The number of hydrogen-bond donors (Lipinski definition) is 1. The van der Waals surface area contributed by atoms with Gasteiger partial charge in [0.15, 0.2) is 5.96 Å². The molecule has 3 rings (SSSR count). The molecule has 0 radical (unpaired) electrons. The molecule has 1 aromatic carbocycles. The minimum Gasteiger partial charge on any atom is -0.353 e. The molecule has 1 saturated heterocycles. The predicted octanol–water partition coefficient (Wildman–Crippen LogP) is 2.14. The number of likely N-dealkylation sites (N-methyl/N-ethyl adjacent to an activating group) is 1. The average molecular weight is 342 g/mol. The molecule has 0 unspecified atom stereocenters. The molecule has 1 aliphatic carbocycles. The van der Waals surface area contributed by atoms with Crippen LogP contribution in [0.5, 0.6) is 0 Å². The van der Waals surface area contributed by atoms with Gasteiger partial charge >= 0.3 is 0 Å². The van der Waals surface area contributed by atoms with Crippen LogP contribution >= 0.6 is 0 Å². The summed E-state index contributed by atoms with van der Waals surface area (Å²) >= 11 is 0. The predicted molar refractivity (Wildman–Crippen MR) is 102 cm³/mol. The minimum absolute atomic E-state index is 0.0501. The molecule has 0 aromatic heterocycles. The van der Waals surface area contributed by atoms with Crippen molar-refractivity contribution in [3.8, 4) is 0 Å². The van der Waals surface area contributed by atoms with Crippen molar-refractivity contribution in [1.29, 1.82) is 0 Å². The summed E-state index contributed by atoms with van der Waals surface area (Å²) in [4.78, 5) is 20.4. The minimum atomic E-state index is 0.0501. The highest BCUT2D eigenvalue weighted by atomic mass is 16.2. The van der Waals surface area contributed by atoms with E-state index < -0.39 is 0 Å². The Morgan fingerprint density at radius 3 is 2.44 bits per heavy atom. The second kappa shape index (κ2) is 8.37. The van der Waals surface area contributed by atoms with E-state index in [1.807, 2.05) is 0 Å². The Labute approximate surface area is 151 Å². The van der Waals surface area contributed by atoms with Gasteiger partial charge in [-0.05, 0) is 43.6 Å². The van der Waals surface area contributed by atoms with Crippen molar-refractivity contribution in [1.82, 2.24) is 15.1 Å². The van der Waals surface area contributed by atoms with Crippen molar-refractivity contribution in [2.75, 3.05) is 33.7 Å². The first kappa shape index (κ1) is 17.8. The van der Waals surface area contributed by atoms with Gasteiger partial charge < -0.3 is 15.1 Å². The van der Waals surface area contributed by atoms with E-state index in [1.54, 1.807) is 19.0 Å². The summed E-state index contributed by atoms with van der Waals surface area (Å²) in [6.45, 7) is 2.27. The Bertz CT molecular complexity index is 587. The van der Waals surface area contributed by atoms with Gasteiger partial charge in [-0.25, -0.2) is 4.99 Å². The molecule has 5 heteroatoms. The van der Waals surface area contributed by atoms with Crippen LogP contribution in [0.25, 0.3) is 0 Å². The van der Waals surface area contributed by atoms with Gasteiger partial charge in [0.2, 0.25) is 5.91 Å². The fraction of sp³-hybridized carbons (Fsp3) is 0.600. The van der Waals surface area contributed by atoms with Crippen molar-refractivity contribution < 1.29 is 4.79 Å². The van der Waals surface area contributed by atoms with Crippen LogP contribution in [0.4, 0.5) is 0 Å². The molecule has 2 fully saturated rings. The number of nitrogens with one attached hydrogen (secondary N) is 1. The molecule has 1 aromatic rings. The van der Waals surface area contributed by atoms with Crippen molar-refractivity contribution in [2.45, 2.75) is 38.1 Å². The third-order valence-electron chi connectivity index (χ3n) is 5.05. The lowest BCUT2D eigenvalue weighted by atomic mass is 9.90. The van der Waals surface area contributed by atoms with Gasteiger partial charge in [0, 0.05) is 33.2 Å². The van der Waals surface area contributed by atoms with E-state index in [-0.39, 0.29) is 12.5 Å². The number of carbonyl (C=O) groups is 1. The highest BCUT2D eigenvalue weighted by Gasteiger charge is 2.27. The zero-order valence-corrected chi connectivity index (χ0v) is 15.4. The van der Waals surface area contributed by atoms with Crippen LogP contribution in [-0.4, -0.2) is 61.4 Å². The van der Waals surface area contributed by atoms with Crippen LogP contribution in [0.3, 0.4) is 0 Å². The van der Waals surface area contributed by atoms with Gasteiger partial charge in [-0.3, -0.25) is 4.79 Å². The molecule has 0 atom stereocenters. The number of likely N-dealkylation sites (tertiary alicyclic amines) is 1. The van der Waals surface area contributed by atoms with Crippen LogP contribution in [0.15, 0.2) is 35.3 Å². The zero-order chi connectivity index (χ0) is 17.6. The van der Waals surface area contributed by atoms with Gasteiger partial charge in [0.05, 0.1) is 0 Å². The van der Waals surface area contributed by atoms with Crippen LogP contribution < -0.4 is 5.32 Å². The lowest BCUT2D eigenvalue weighted by Gasteiger charge is -2.34. The number of piperidine rings is 1. The van der Waals surface area contributed by atoms with E-state index in [4.69, 9.17) is 0 Å². The Morgan fingerprint density at radius 1 is 1.16 bits per heavy atom. The lowest BCUT2D eigenvalue weighted by Crippen LogP contribution is -2.47. The molecule has 136 valence electrons. The van der Waals surface area contributed by atoms with Gasteiger partial charge in [-0.15, -0.1) is 0 Å². The number of rotatable bonds is 5. The molecule has 5 nitrogen and oxygen atoms in total. The normalized spacial score (nSPS) is 19.0. The molecule has 0 spiro atoms. The fourth-order valence-electron chi connectivity index (χ4n) is 3.23. The number of benzene rings is 1. The van der Waals surface area contributed by atoms with Gasteiger partial charge in [0.1, 0.15) is 6.54 Å². The molecule has 25 heavy (non-hydrogen) atoms. The molecular formula is C20H30N4O. The van der Waals surface area contributed by atoms with Crippen LogP contribution in [0.1, 0.15) is 31.2 Å². The molecule has 1 saturated carbocycles. The number of carbonyl (C=O) groups excluding carboxylic acids is 1. The fourth-order valence-corrected chi connectivity index (χ4v) is 3.23. The maximum absolute atomic E-state index is 11.9. The second-order valence-electron chi connectivity index (χ2n) is 7.47. The van der Waals surface area contributed by atoms with Crippen molar-refractivity contribution in [2.24, 2.45) is 10.9 Å². The largest absolute Gasteiger partial charge is 0.353 e. The first-order chi connectivity index (χ1) is 12.1. The van der Waals surface area contributed by atoms with Crippen LogP contribution in [0.2, 0.25) is 0 Å². The standard InChI is InChI=1S/C20H30N4O/c1-23(2)19(25)15-21-20(22-18-8-9-18)24-12-10-17(11-13-24)14-16-6-4-3-5-7-16/h3-7,17-18H,8-15H2,1-2H3,(H,21,22). The highest BCUT2D eigenvalue weighted by molar-refractivity contribution is 5.85.